The molecule has 0 N–H and O–H groups in total. The van der Waals surface area contributed by atoms with Crippen LogP contribution in [0.5, 0.6) is 0 Å². The van der Waals surface area contributed by atoms with Crippen molar-refractivity contribution in [2.45, 2.75) is 0 Å². The van der Waals surface area contributed by atoms with E-state index < -0.39 is 0 Å². The lowest BCUT2D eigenvalue weighted by atomic mass is 9.97. The molecule has 286 valence electrons. The average Bonchev–Trinajstić information content (AvgIpc) is 3.91. The molecule has 0 aliphatic carbocycles. The van der Waals surface area contributed by atoms with Gasteiger partial charge in [-0.3, -0.25) is 0 Å². The van der Waals surface area contributed by atoms with Crippen molar-refractivity contribution in [2.75, 3.05) is 4.90 Å². The number of aromatic nitrogens is 3. The van der Waals surface area contributed by atoms with Gasteiger partial charge in [-0.15, -0.1) is 11.3 Å². The standard InChI is InChI=1S/C55H34N4OS/c1-4-15-37(16-5-1)53-56-54(38-17-6-2-7-18-38)58-55(57-53)47-33-39(32-46-51-43-21-11-10-14-36(43)26-30-48(51)60-52(46)47)35-24-27-41(28-25-35)59(40-19-8-3-9-20-40)42-29-31-50-45(34-42)44-22-12-13-23-49(44)61-50/h1-34H. The van der Waals surface area contributed by atoms with E-state index in [1.807, 2.05) is 72.0 Å². The Kier molecular flexibility index (Phi) is 8.28. The van der Waals surface area contributed by atoms with Gasteiger partial charge in [-0.25, -0.2) is 15.0 Å². The number of fused-ring (bicyclic) bond motifs is 8. The molecule has 12 rings (SSSR count). The SMILES string of the molecule is c1ccc(-c2nc(-c3ccccc3)nc(-c3cc(-c4ccc(N(c5ccccc5)c5ccc6sc7ccccc7c6c5)cc4)cc4c3oc3ccc5ccccc5c34)n2)cc1. The minimum absolute atomic E-state index is 0.547. The fourth-order valence-electron chi connectivity index (χ4n) is 8.59. The summed E-state index contributed by atoms with van der Waals surface area (Å²) >= 11 is 1.84. The second-order valence-electron chi connectivity index (χ2n) is 15.2. The van der Waals surface area contributed by atoms with Crippen LogP contribution in [0.25, 0.3) is 98.2 Å². The summed E-state index contributed by atoms with van der Waals surface area (Å²) in [7, 11) is 0. The van der Waals surface area contributed by atoms with Gasteiger partial charge < -0.3 is 9.32 Å². The van der Waals surface area contributed by atoms with E-state index in [1.165, 1.54) is 20.2 Å². The topological polar surface area (TPSA) is 55.1 Å². The number of hydrogen-bond donors (Lipinski definition) is 0. The largest absolute Gasteiger partial charge is 0.455 e. The van der Waals surface area contributed by atoms with Gasteiger partial charge in [-0.1, -0.05) is 140 Å². The smallest absolute Gasteiger partial charge is 0.167 e. The van der Waals surface area contributed by atoms with Crippen molar-refractivity contribution < 1.29 is 4.42 Å². The Morgan fingerprint density at radius 3 is 1.70 bits per heavy atom. The maximum Gasteiger partial charge on any atom is 0.167 e. The third-order valence-corrected chi connectivity index (χ3v) is 12.6. The van der Waals surface area contributed by atoms with E-state index in [2.05, 4.69) is 150 Å². The van der Waals surface area contributed by atoms with E-state index in [4.69, 9.17) is 19.4 Å². The van der Waals surface area contributed by atoms with Gasteiger partial charge in [0.15, 0.2) is 17.5 Å². The predicted molar refractivity (Wildman–Crippen MR) is 254 cm³/mol. The summed E-state index contributed by atoms with van der Waals surface area (Å²) in [5, 5.41) is 6.91. The summed E-state index contributed by atoms with van der Waals surface area (Å²) in [6.45, 7) is 0. The first-order valence-electron chi connectivity index (χ1n) is 20.3. The molecule has 0 aliphatic rings. The molecule has 3 heterocycles. The molecule has 0 unspecified atom stereocenters. The minimum Gasteiger partial charge on any atom is -0.455 e. The monoisotopic (exact) mass is 798 g/mol. The number of thiophene rings is 1. The van der Waals surface area contributed by atoms with E-state index in [0.29, 0.717) is 17.5 Å². The minimum atomic E-state index is 0.547. The van der Waals surface area contributed by atoms with Crippen molar-refractivity contribution in [2.24, 2.45) is 0 Å². The molecule has 61 heavy (non-hydrogen) atoms. The second-order valence-corrected chi connectivity index (χ2v) is 16.3. The van der Waals surface area contributed by atoms with Crippen LogP contribution in [0.4, 0.5) is 17.1 Å². The van der Waals surface area contributed by atoms with E-state index >= 15 is 0 Å². The van der Waals surface area contributed by atoms with Gasteiger partial charge in [0.05, 0.1) is 5.56 Å². The molecule has 9 aromatic carbocycles. The summed E-state index contributed by atoms with van der Waals surface area (Å²) in [5.74, 6) is 1.75. The molecule has 0 saturated heterocycles. The first-order chi connectivity index (χ1) is 30.2. The summed E-state index contributed by atoms with van der Waals surface area (Å²) < 4.78 is 9.40. The first kappa shape index (κ1) is 35.1. The van der Waals surface area contributed by atoms with Crippen LogP contribution < -0.4 is 4.90 Å². The third-order valence-electron chi connectivity index (χ3n) is 11.5. The van der Waals surface area contributed by atoms with Crippen LogP contribution in [0.1, 0.15) is 0 Å². The van der Waals surface area contributed by atoms with Crippen molar-refractivity contribution in [3.05, 3.63) is 206 Å². The molecule has 0 bridgehead atoms. The Hall–Kier alpha value is -7.93. The van der Waals surface area contributed by atoms with Crippen LogP contribution >= 0.6 is 11.3 Å². The Morgan fingerprint density at radius 1 is 0.377 bits per heavy atom. The van der Waals surface area contributed by atoms with Crippen molar-refractivity contribution in [3.8, 4) is 45.3 Å². The van der Waals surface area contributed by atoms with Crippen LogP contribution in [0.15, 0.2) is 211 Å². The fourth-order valence-corrected chi connectivity index (χ4v) is 9.68. The van der Waals surface area contributed by atoms with E-state index in [1.54, 1.807) is 0 Å². The van der Waals surface area contributed by atoms with Crippen molar-refractivity contribution in [1.82, 2.24) is 15.0 Å². The van der Waals surface area contributed by atoms with Crippen molar-refractivity contribution in [3.63, 3.8) is 0 Å². The Labute approximate surface area is 355 Å². The van der Waals surface area contributed by atoms with Crippen LogP contribution in [-0.2, 0) is 0 Å². The van der Waals surface area contributed by atoms with Crippen molar-refractivity contribution in [1.29, 1.82) is 0 Å². The van der Waals surface area contributed by atoms with Gasteiger partial charge >= 0.3 is 0 Å². The second kappa shape index (κ2) is 14.4. The summed E-state index contributed by atoms with van der Waals surface area (Å²) in [4.78, 5) is 17.7. The molecule has 0 spiro atoms. The van der Waals surface area contributed by atoms with E-state index in [9.17, 15) is 0 Å². The average molecular weight is 799 g/mol. The summed E-state index contributed by atoms with van der Waals surface area (Å²) in [5.41, 5.74) is 9.54. The summed E-state index contributed by atoms with van der Waals surface area (Å²) in [6, 6.07) is 72.2. The molecular formula is C55H34N4OS. The Bertz CT molecular complexity index is 3520. The number of benzene rings is 9. The lowest BCUT2D eigenvalue weighted by molar-refractivity contribution is 0.670. The Balaban J connectivity index is 1.05. The summed E-state index contributed by atoms with van der Waals surface area (Å²) in [6.07, 6.45) is 0. The zero-order valence-corrected chi connectivity index (χ0v) is 33.6. The predicted octanol–water partition coefficient (Wildman–Crippen LogP) is 15.4. The van der Waals surface area contributed by atoms with Gasteiger partial charge in [0.1, 0.15) is 11.2 Å². The highest BCUT2D eigenvalue weighted by molar-refractivity contribution is 7.25. The number of hydrogen-bond acceptors (Lipinski definition) is 6. The zero-order valence-electron chi connectivity index (χ0n) is 32.7. The molecule has 3 aromatic heterocycles. The molecule has 0 fully saturated rings. The maximum atomic E-state index is 6.82. The Morgan fingerprint density at radius 2 is 0.967 bits per heavy atom. The van der Waals surface area contributed by atoms with Gasteiger partial charge in [-0.05, 0) is 88.6 Å². The first-order valence-corrected chi connectivity index (χ1v) is 21.2. The number of rotatable bonds is 7. The van der Waals surface area contributed by atoms with Crippen molar-refractivity contribution >= 4 is 81.3 Å². The number of anilines is 3. The molecule has 0 radical (unpaired) electrons. The molecule has 12 aromatic rings. The number of furan rings is 1. The zero-order chi connectivity index (χ0) is 40.3. The van der Waals surface area contributed by atoms with E-state index in [-0.39, 0.29) is 0 Å². The van der Waals surface area contributed by atoms with E-state index in [0.717, 1.165) is 77.6 Å². The normalized spacial score (nSPS) is 11.6. The van der Waals surface area contributed by atoms with Gasteiger partial charge in [0, 0.05) is 59.1 Å². The highest BCUT2D eigenvalue weighted by atomic mass is 32.1. The van der Waals surface area contributed by atoms with Crippen LogP contribution in [0, 0.1) is 0 Å². The van der Waals surface area contributed by atoms with Gasteiger partial charge in [0.25, 0.3) is 0 Å². The highest BCUT2D eigenvalue weighted by Crippen LogP contribution is 2.44. The van der Waals surface area contributed by atoms with Gasteiger partial charge in [-0.2, -0.15) is 0 Å². The van der Waals surface area contributed by atoms with Crippen LogP contribution in [0.3, 0.4) is 0 Å². The number of para-hydroxylation sites is 1. The lowest BCUT2D eigenvalue weighted by Crippen LogP contribution is -2.09. The highest BCUT2D eigenvalue weighted by Gasteiger charge is 2.22. The fraction of sp³-hybridized carbons (Fsp3) is 0. The van der Waals surface area contributed by atoms with Crippen LogP contribution in [-0.4, -0.2) is 15.0 Å². The number of nitrogens with zero attached hydrogens (tertiary/aromatic N) is 4. The molecule has 0 saturated carbocycles. The van der Waals surface area contributed by atoms with Crippen LogP contribution in [0.2, 0.25) is 0 Å². The molecule has 6 heteroatoms. The third kappa shape index (κ3) is 6.12. The quantitative estimate of drug-likeness (QED) is 0.161. The molecule has 0 aliphatic heterocycles. The molecule has 0 atom stereocenters. The maximum absolute atomic E-state index is 6.82. The molecular weight excluding hydrogens is 765 g/mol. The van der Waals surface area contributed by atoms with Gasteiger partial charge in [0.2, 0.25) is 0 Å². The molecule has 0 amide bonds. The lowest BCUT2D eigenvalue weighted by Gasteiger charge is -2.26. The molecule has 5 nitrogen and oxygen atoms in total.